The van der Waals surface area contributed by atoms with E-state index in [1.54, 1.807) is 11.1 Å². The lowest BCUT2D eigenvalue weighted by Crippen LogP contribution is -2.32. The Morgan fingerprint density at radius 1 is 1.16 bits per heavy atom. The molecule has 106 valence electrons. The average Bonchev–Trinajstić information content (AvgIpc) is 2.87. The third-order valence-electron chi connectivity index (χ3n) is 4.09. The van der Waals surface area contributed by atoms with Crippen LogP contribution in [0.4, 0.5) is 0 Å². The molecule has 0 fully saturated rings. The molecule has 1 aromatic rings. The van der Waals surface area contributed by atoms with Crippen molar-refractivity contribution in [3.63, 3.8) is 0 Å². The minimum absolute atomic E-state index is 0.639. The van der Waals surface area contributed by atoms with Crippen LogP contribution in [0.15, 0.2) is 23.1 Å². The van der Waals surface area contributed by atoms with Gasteiger partial charge in [0.1, 0.15) is 0 Å². The first kappa shape index (κ1) is 14.9. The molecule has 0 amide bonds. The predicted molar refractivity (Wildman–Crippen MR) is 86.2 cm³/mol. The number of fused-ring (bicyclic) bond motifs is 1. The van der Waals surface area contributed by atoms with Gasteiger partial charge in [-0.25, -0.2) is 0 Å². The van der Waals surface area contributed by atoms with Gasteiger partial charge in [-0.3, -0.25) is 0 Å². The molecule has 0 radical (unpaired) electrons. The van der Waals surface area contributed by atoms with Gasteiger partial charge in [0.25, 0.3) is 0 Å². The van der Waals surface area contributed by atoms with Crippen molar-refractivity contribution in [1.82, 2.24) is 5.32 Å². The van der Waals surface area contributed by atoms with Crippen molar-refractivity contribution < 1.29 is 0 Å². The Bertz CT molecular complexity index is 398. The average molecular weight is 277 g/mol. The molecule has 2 rings (SSSR count). The zero-order valence-electron chi connectivity index (χ0n) is 12.5. The number of rotatable bonds is 7. The molecule has 0 bridgehead atoms. The van der Waals surface area contributed by atoms with Crippen molar-refractivity contribution in [2.45, 2.75) is 69.1 Å². The lowest BCUT2D eigenvalue weighted by Gasteiger charge is -2.18. The molecule has 0 aliphatic heterocycles. The molecule has 1 aliphatic rings. The molecule has 0 heterocycles. The quantitative estimate of drug-likeness (QED) is 0.740. The fourth-order valence-electron chi connectivity index (χ4n) is 2.81. The minimum Gasteiger partial charge on any atom is -0.313 e. The van der Waals surface area contributed by atoms with E-state index in [0.717, 1.165) is 6.54 Å². The Labute approximate surface area is 122 Å². The van der Waals surface area contributed by atoms with Crippen LogP contribution in [0.25, 0.3) is 0 Å². The predicted octanol–water partition coefficient (Wildman–Crippen LogP) is 4.43. The fraction of sp³-hybridized carbons (Fsp3) is 0.647. The van der Waals surface area contributed by atoms with E-state index in [4.69, 9.17) is 0 Å². The van der Waals surface area contributed by atoms with Gasteiger partial charge in [-0.15, -0.1) is 11.8 Å². The molecule has 1 N–H and O–H groups in total. The molecule has 0 saturated heterocycles. The van der Waals surface area contributed by atoms with E-state index in [1.165, 1.54) is 37.0 Å². The van der Waals surface area contributed by atoms with Crippen LogP contribution < -0.4 is 5.32 Å². The van der Waals surface area contributed by atoms with Crippen molar-refractivity contribution in [2.24, 2.45) is 0 Å². The van der Waals surface area contributed by atoms with E-state index in [2.05, 4.69) is 44.3 Å². The van der Waals surface area contributed by atoms with Gasteiger partial charge in [0.15, 0.2) is 0 Å². The summed E-state index contributed by atoms with van der Waals surface area (Å²) in [6.07, 6.45) is 6.37. The van der Waals surface area contributed by atoms with E-state index < -0.39 is 0 Å². The van der Waals surface area contributed by atoms with Gasteiger partial charge >= 0.3 is 0 Å². The van der Waals surface area contributed by atoms with Crippen molar-refractivity contribution >= 4 is 11.8 Å². The zero-order chi connectivity index (χ0) is 13.7. The Morgan fingerprint density at radius 3 is 2.63 bits per heavy atom. The van der Waals surface area contributed by atoms with E-state index in [0.29, 0.717) is 11.3 Å². The van der Waals surface area contributed by atoms with E-state index in [1.807, 2.05) is 11.8 Å². The lowest BCUT2D eigenvalue weighted by atomic mass is 10.1. The second kappa shape index (κ2) is 7.35. The Kier molecular flexibility index (Phi) is 5.77. The molecule has 0 spiro atoms. The highest BCUT2D eigenvalue weighted by Crippen LogP contribution is 2.29. The molecule has 1 unspecified atom stereocenters. The molecule has 1 aromatic carbocycles. The number of hydrogen-bond acceptors (Lipinski definition) is 2. The molecule has 1 atom stereocenters. The highest BCUT2D eigenvalue weighted by molar-refractivity contribution is 8.00. The van der Waals surface area contributed by atoms with Crippen LogP contribution in [0.2, 0.25) is 0 Å². The molecule has 0 aromatic heterocycles. The van der Waals surface area contributed by atoms with Gasteiger partial charge in [-0.05, 0) is 55.4 Å². The van der Waals surface area contributed by atoms with Crippen LogP contribution in [-0.2, 0) is 12.8 Å². The monoisotopic (exact) mass is 277 g/mol. The Morgan fingerprint density at radius 2 is 1.89 bits per heavy atom. The van der Waals surface area contributed by atoms with Gasteiger partial charge in [-0.1, -0.05) is 26.8 Å². The van der Waals surface area contributed by atoms with Crippen LogP contribution in [0, 0.1) is 0 Å². The summed E-state index contributed by atoms with van der Waals surface area (Å²) in [6, 6.07) is 7.75. The van der Waals surface area contributed by atoms with Crippen molar-refractivity contribution in [3.05, 3.63) is 29.3 Å². The van der Waals surface area contributed by atoms with E-state index >= 15 is 0 Å². The minimum atomic E-state index is 0.639. The maximum absolute atomic E-state index is 3.67. The van der Waals surface area contributed by atoms with Gasteiger partial charge in [0.2, 0.25) is 0 Å². The first-order valence-electron chi connectivity index (χ1n) is 7.74. The summed E-state index contributed by atoms with van der Waals surface area (Å²) in [5, 5.41) is 4.31. The normalized spacial score (nSPS) is 15.8. The lowest BCUT2D eigenvalue weighted by molar-refractivity contribution is 0.488. The zero-order valence-corrected chi connectivity index (χ0v) is 13.4. The van der Waals surface area contributed by atoms with E-state index in [9.17, 15) is 0 Å². The fourth-order valence-corrected chi connectivity index (χ4v) is 3.81. The second-order valence-electron chi connectivity index (χ2n) is 5.63. The van der Waals surface area contributed by atoms with Crippen molar-refractivity contribution in [1.29, 1.82) is 0 Å². The second-order valence-corrected chi connectivity index (χ2v) is 7.15. The smallest absolute Gasteiger partial charge is 0.0191 e. The third kappa shape index (κ3) is 4.25. The molecule has 0 saturated carbocycles. The summed E-state index contributed by atoms with van der Waals surface area (Å²) >= 11 is 2.01. The van der Waals surface area contributed by atoms with Crippen molar-refractivity contribution in [3.8, 4) is 0 Å². The molecular formula is C17H27NS. The number of aryl methyl sites for hydroxylation is 2. The summed E-state index contributed by atoms with van der Waals surface area (Å²) in [5.41, 5.74) is 3.16. The summed E-state index contributed by atoms with van der Waals surface area (Å²) in [5.74, 6) is 0. The maximum Gasteiger partial charge on any atom is 0.0191 e. The number of benzene rings is 1. The summed E-state index contributed by atoms with van der Waals surface area (Å²) in [6.45, 7) is 7.96. The highest BCUT2D eigenvalue weighted by Gasteiger charge is 2.13. The highest BCUT2D eigenvalue weighted by atomic mass is 32.2. The van der Waals surface area contributed by atoms with Gasteiger partial charge < -0.3 is 5.32 Å². The molecule has 1 aliphatic carbocycles. The first-order valence-corrected chi connectivity index (χ1v) is 8.62. The van der Waals surface area contributed by atoms with Crippen LogP contribution in [0.1, 0.15) is 51.2 Å². The van der Waals surface area contributed by atoms with Crippen LogP contribution in [0.3, 0.4) is 0 Å². The maximum atomic E-state index is 3.67. The number of thioether (sulfide) groups is 1. The number of hydrogen-bond donors (Lipinski definition) is 1. The summed E-state index contributed by atoms with van der Waals surface area (Å²) in [4.78, 5) is 1.44. The molecule has 19 heavy (non-hydrogen) atoms. The Hall–Kier alpha value is -0.470. The van der Waals surface area contributed by atoms with Gasteiger partial charge in [0.05, 0.1) is 0 Å². The topological polar surface area (TPSA) is 12.0 Å². The first-order chi connectivity index (χ1) is 9.22. The number of nitrogens with one attached hydrogen (secondary N) is 1. The van der Waals surface area contributed by atoms with Crippen LogP contribution >= 0.6 is 11.8 Å². The van der Waals surface area contributed by atoms with E-state index in [-0.39, 0.29) is 0 Å². The summed E-state index contributed by atoms with van der Waals surface area (Å²) in [7, 11) is 0. The van der Waals surface area contributed by atoms with Crippen molar-refractivity contribution in [2.75, 3.05) is 6.54 Å². The van der Waals surface area contributed by atoms with Gasteiger partial charge in [-0.2, -0.15) is 0 Å². The largest absolute Gasteiger partial charge is 0.313 e. The molecule has 2 heteroatoms. The van der Waals surface area contributed by atoms with Crippen LogP contribution in [-0.4, -0.2) is 17.8 Å². The van der Waals surface area contributed by atoms with Crippen LogP contribution in [0.5, 0.6) is 0 Å². The standard InChI is InChI=1S/C17H27NS/c1-4-16(5-2)18-12-13(3)19-17-10-9-14-7-6-8-15(14)11-17/h9-11,13,16,18H,4-8,12H2,1-3H3. The summed E-state index contributed by atoms with van der Waals surface area (Å²) < 4.78 is 0. The Balaban J connectivity index is 1.83. The molecule has 1 nitrogen and oxygen atoms in total. The third-order valence-corrected chi connectivity index (χ3v) is 5.18. The SMILES string of the molecule is CCC(CC)NCC(C)Sc1ccc2c(c1)CCC2. The molecular weight excluding hydrogens is 250 g/mol. The van der Waals surface area contributed by atoms with Gasteiger partial charge in [0, 0.05) is 22.7 Å².